The lowest BCUT2D eigenvalue weighted by molar-refractivity contribution is 0.120. The Balaban J connectivity index is 1.20. The van der Waals surface area contributed by atoms with Gasteiger partial charge in [-0.05, 0) is 71.9 Å². The highest BCUT2D eigenvalue weighted by Gasteiger charge is 2.18. The van der Waals surface area contributed by atoms with Gasteiger partial charge in [-0.3, -0.25) is 0 Å². The van der Waals surface area contributed by atoms with Crippen molar-refractivity contribution in [1.29, 1.82) is 0 Å². The highest BCUT2D eigenvalue weighted by Crippen LogP contribution is 2.35. The molecule has 0 aliphatic carbocycles. The van der Waals surface area contributed by atoms with Crippen LogP contribution in [0.25, 0.3) is 0 Å². The zero-order chi connectivity index (χ0) is 27.7. The monoisotopic (exact) mass is 568 g/mol. The van der Waals surface area contributed by atoms with Crippen LogP contribution in [0.1, 0.15) is 0 Å². The Morgan fingerprint density at radius 1 is 0.317 bits per heavy atom. The highest BCUT2D eigenvalue weighted by molar-refractivity contribution is 7.80. The van der Waals surface area contributed by atoms with Crippen LogP contribution >= 0.6 is 15.8 Å². The van der Waals surface area contributed by atoms with Crippen LogP contribution in [-0.2, 0) is 0 Å². The van der Waals surface area contributed by atoms with Crippen LogP contribution in [0.3, 0.4) is 0 Å². The summed E-state index contributed by atoms with van der Waals surface area (Å²) in [5, 5.41) is 7.74. The Morgan fingerprint density at radius 3 is 0.927 bits per heavy atom. The largest absolute Gasteiger partial charge is 0.457 e. The fourth-order valence-corrected chi connectivity index (χ4v) is 9.45. The highest BCUT2D eigenvalue weighted by atomic mass is 31.1. The van der Waals surface area contributed by atoms with Crippen LogP contribution in [0.4, 0.5) is 0 Å². The Bertz CT molecular complexity index is 1450. The molecule has 0 aliphatic heterocycles. The molecule has 0 aliphatic rings. The molecule has 0 unspecified atom stereocenters. The Hall–Kier alpha value is -4.22. The third kappa shape index (κ3) is 6.75. The lowest BCUT2D eigenvalue weighted by atomic mass is 10.3. The van der Waals surface area contributed by atoms with Crippen molar-refractivity contribution >= 4 is 47.7 Å². The molecule has 0 amide bonds. The summed E-state index contributed by atoms with van der Waals surface area (Å²) >= 11 is 0. The minimum Gasteiger partial charge on any atom is -0.457 e. The van der Waals surface area contributed by atoms with E-state index < -0.39 is 15.8 Å². The maximum atomic E-state index is 6.14. The predicted octanol–water partition coefficient (Wildman–Crippen LogP) is 6.62. The van der Waals surface area contributed by atoms with E-state index in [4.69, 9.17) is 9.47 Å². The molecule has 200 valence electrons. The second kappa shape index (κ2) is 13.4. The van der Waals surface area contributed by atoms with Crippen molar-refractivity contribution in [3.05, 3.63) is 170 Å². The SMILES string of the molecule is c1ccc(P(c2ccccc2)c2cccc(OCOc3cccc(P(c4ccccc4)c4ccccc4)c3)c2)cc1. The summed E-state index contributed by atoms with van der Waals surface area (Å²) in [7, 11) is -1.39. The lowest BCUT2D eigenvalue weighted by Gasteiger charge is -2.20. The summed E-state index contributed by atoms with van der Waals surface area (Å²) in [6.07, 6.45) is 0. The van der Waals surface area contributed by atoms with E-state index in [2.05, 4.69) is 158 Å². The van der Waals surface area contributed by atoms with Crippen molar-refractivity contribution in [2.24, 2.45) is 0 Å². The molecular formula is C37H30O2P2. The maximum Gasteiger partial charge on any atom is 0.230 e. The van der Waals surface area contributed by atoms with Crippen LogP contribution in [0, 0.1) is 0 Å². The number of hydrogen-bond donors (Lipinski definition) is 0. The van der Waals surface area contributed by atoms with Crippen LogP contribution in [0.5, 0.6) is 11.5 Å². The summed E-state index contributed by atoms with van der Waals surface area (Å²) in [4.78, 5) is 0. The maximum absolute atomic E-state index is 6.14. The smallest absolute Gasteiger partial charge is 0.230 e. The van der Waals surface area contributed by atoms with Crippen molar-refractivity contribution < 1.29 is 9.47 Å². The molecule has 0 heterocycles. The van der Waals surface area contributed by atoms with Crippen LogP contribution in [-0.4, -0.2) is 6.79 Å². The van der Waals surface area contributed by atoms with E-state index in [1.807, 2.05) is 12.1 Å². The van der Waals surface area contributed by atoms with E-state index in [-0.39, 0.29) is 6.79 Å². The summed E-state index contributed by atoms with van der Waals surface area (Å²) in [5.41, 5.74) is 0. The summed E-state index contributed by atoms with van der Waals surface area (Å²) in [6.45, 7) is 0.135. The quantitative estimate of drug-likeness (QED) is 0.137. The molecule has 0 saturated heterocycles. The zero-order valence-electron chi connectivity index (χ0n) is 22.6. The van der Waals surface area contributed by atoms with E-state index in [0.29, 0.717) is 0 Å². The fourth-order valence-electron chi connectivity index (χ4n) is 4.79. The first-order chi connectivity index (χ1) is 20.3. The molecule has 0 aromatic heterocycles. The standard InChI is InChI=1S/C37H30O2P2/c1-5-17-32(18-6-1)40(33-19-7-2-8-20-33)36-25-13-15-30(27-36)38-29-39-31-16-14-26-37(28-31)41(34-21-9-3-10-22-34)35-23-11-4-12-24-35/h1-28H,29H2. The van der Waals surface area contributed by atoms with Gasteiger partial charge in [-0.2, -0.15) is 0 Å². The average molecular weight is 569 g/mol. The second-order valence-electron chi connectivity index (χ2n) is 9.41. The topological polar surface area (TPSA) is 18.5 Å². The molecular weight excluding hydrogens is 538 g/mol. The van der Waals surface area contributed by atoms with Gasteiger partial charge >= 0.3 is 0 Å². The van der Waals surface area contributed by atoms with Gasteiger partial charge in [-0.1, -0.05) is 146 Å². The van der Waals surface area contributed by atoms with E-state index in [1.165, 1.54) is 31.8 Å². The van der Waals surface area contributed by atoms with Crippen molar-refractivity contribution in [1.82, 2.24) is 0 Å². The van der Waals surface area contributed by atoms with Gasteiger partial charge in [0.05, 0.1) is 0 Å². The first kappa shape index (κ1) is 27.0. The Morgan fingerprint density at radius 2 is 0.610 bits per heavy atom. The molecule has 0 bridgehead atoms. The van der Waals surface area contributed by atoms with Crippen molar-refractivity contribution in [2.75, 3.05) is 6.79 Å². The Labute approximate surface area is 244 Å². The van der Waals surface area contributed by atoms with Gasteiger partial charge in [0.1, 0.15) is 11.5 Å². The first-order valence-electron chi connectivity index (χ1n) is 13.6. The molecule has 4 heteroatoms. The summed E-state index contributed by atoms with van der Waals surface area (Å²) < 4.78 is 12.3. The zero-order valence-corrected chi connectivity index (χ0v) is 24.4. The number of rotatable bonds is 10. The fraction of sp³-hybridized carbons (Fsp3) is 0.0270. The van der Waals surface area contributed by atoms with Gasteiger partial charge in [-0.15, -0.1) is 0 Å². The van der Waals surface area contributed by atoms with Crippen molar-refractivity contribution in [2.45, 2.75) is 0 Å². The number of benzene rings is 6. The summed E-state index contributed by atoms with van der Waals surface area (Å²) in [6, 6.07) is 59.6. The van der Waals surface area contributed by atoms with Gasteiger partial charge in [0.25, 0.3) is 0 Å². The Kier molecular flexibility index (Phi) is 8.83. The lowest BCUT2D eigenvalue weighted by Crippen LogP contribution is -2.21. The molecule has 6 rings (SSSR count). The third-order valence-electron chi connectivity index (χ3n) is 6.66. The molecule has 6 aromatic rings. The number of ether oxygens (including phenoxy) is 2. The van der Waals surface area contributed by atoms with Gasteiger partial charge in [0, 0.05) is 0 Å². The average Bonchev–Trinajstić information content (AvgIpc) is 3.04. The molecule has 0 N–H and O–H groups in total. The van der Waals surface area contributed by atoms with Gasteiger partial charge < -0.3 is 9.47 Å². The second-order valence-corrected chi connectivity index (χ2v) is 13.9. The van der Waals surface area contributed by atoms with Crippen molar-refractivity contribution in [3.63, 3.8) is 0 Å². The minimum absolute atomic E-state index is 0.135. The molecule has 0 fully saturated rings. The van der Waals surface area contributed by atoms with E-state index >= 15 is 0 Å². The van der Waals surface area contributed by atoms with Crippen LogP contribution < -0.4 is 41.3 Å². The number of hydrogen-bond acceptors (Lipinski definition) is 2. The van der Waals surface area contributed by atoms with Gasteiger partial charge in [0.15, 0.2) is 0 Å². The molecule has 0 atom stereocenters. The molecule has 6 aromatic carbocycles. The van der Waals surface area contributed by atoms with Crippen LogP contribution in [0.2, 0.25) is 0 Å². The molecule has 2 nitrogen and oxygen atoms in total. The molecule has 0 spiro atoms. The third-order valence-corrected chi connectivity index (χ3v) is 11.5. The minimum atomic E-state index is -0.696. The van der Waals surface area contributed by atoms with E-state index in [0.717, 1.165) is 11.5 Å². The first-order valence-corrected chi connectivity index (χ1v) is 16.3. The van der Waals surface area contributed by atoms with Crippen LogP contribution in [0.15, 0.2) is 170 Å². The molecule has 0 saturated carbocycles. The normalized spacial score (nSPS) is 11.0. The van der Waals surface area contributed by atoms with E-state index in [1.54, 1.807) is 0 Å². The molecule has 0 radical (unpaired) electrons. The van der Waals surface area contributed by atoms with E-state index in [9.17, 15) is 0 Å². The van der Waals surface area contributed by atoms with Gasteiger partial charge in [-0.25, -0.2) is 0 Å². The van der Waals surface area contributed by atoms with Crippen molar-refractivity contribution in [3.8, 4) is 11.5 Å². The molecule has 41 heavy (non-hydrogen) atoms. The predicted molar refractivity (Wildman–Crippen MR) is 176 cm³/mol. The van der Waals surface area contributed by atoms with Gasteiger partial charge in [0.2, 0.25) is 6.79 Å². The summed E-state index contributed by atoms with van der Waals surface area (Å²) in [5.74, 6) is 1.60.